The molecule has 0 bridgehead atoms. The van der Waals surface area contributed by atoms with E-state index in [1.807, 2.05) is 11.8 Å². The van der Waals surface area contributed by atoms with Gasteiger partial charge in [-0.15, -0.1) is 11.3 Å². The maximum absolute atomic E-state index is 12.6. The predicted molar refractivity (Wildman–Crippen MR) is 93.6 cm³/mol. The number of amides is 1. The van der Waals surface area contributed by atoms with E-state index >= 15 is 0 Å². The third kappa shape index (κ3) is 3.23. The van der Waals surface area contributed by atoms with Crippen molar-refractivity contribution >= 4 is 23.0 Å². The number of aryl methyl sites for hydroxylation is 1. The molecule has 0 aliphatic carbocycles. The molecule has 8 heteroatoms. The summed E-state index contributed by atoms with van der Waals surface area (Å²) in [5.41, 5.74) is 1.86. The molecular formula is C17H21N5O2S. The van der Waals surface area contributed by atoms with Gasteiger partial charge in [0.05, 0.1) is 10.7 Å². The zero-order valence-electron chi connectivity index (χ0n) is 14.4. The van der Waals surface area contributed by atoms with Crippen molar-refractivity contribution in [1.82, 2.24) is 25.0 Å². The highest BCUT2D eigenvalue weighted by atomic mass is 32.1. The van der Waals surface area contributed by atoms with Crippen molar-refractivity contribution < 1.29 is 9.59 Å². The lowest BCUT2D eigenvalue weighted by Crippen LogP contribution is -2.33. The van der Waals surface area contributed by atoms with Crippen LogP contribution < -0.4 is 0 Å². The first-order chi connectivity index (χ1) is 12.0. The minimum absolute atomic E-state index is 0.0592. The number of nitrogens with zero attached hydrogens (tertiary/aromatic N) is 4. The van der Waals surface area contributed by atoms with Gasteiger partial charge in [-0.3, -0.25) is 19.6 Å². The van der Waals surface area contributed by atoms with Gasteiger partial charge in [0.25, 0.3) is 5.91 Å². The van der Waals surface area contributed by atoms with E-state index in [1.54, 1.807) is 17.4 Å². The molecule has 2 aliphatic heterocycles. The Labute approximate surface area is 150 Å². The van der Waals surface area contributed by atoms with Gasteiger partial charge < -0.3 is 4.90 Å². The van der Waals surface area contributed by atoms with Gasteiger partial charge in [0.1, 0.15) is 11.4 Å². The highest BCUT2D eigenvalue weighted by molar-refractivity contribution is 7.09. The molecule has 2 aromatic rings. The Morgan fingerprint density at radius 1 is 1.28 bits per heavy atom. The van der Waals surface area contributed by atoms with Gasteiger partial charge >= 0.3 is 0 Å². The third-order valence-corrected chi connectivity index (χ3v) is 5.89. The number of aromatic nitrogens is 3. The van der Waals surface area contributed by atoms with E-state index in [0.717, 1.165) is 43.4 Å². The van der Waals surface area contributed by atoms with E-state index in [4.69, 9.17) is 0 Å². The lowest BCUT2D eigenvalue weighted by molar-refractivity contribution is 0.0767. The number of thiazole rings is 1. The lowest BCUT2D eigenvalue weighted by Gasteiger charge is -2.20. The van der Waals surface area contributed by atoms with Gasteiger partial charge in [-0.1, -0.05) is 0 Å². The number of aromatic amines is 1. The van der Waals surface area contributed by atoms with E-state index < -0.39 is 0 Å². The van der Waals surface area contributed by atoms with Crippen molar-refractivity contribution in [2.75, 3.05) is 26.2 Å². The number of likely N-dealkylation sites (tertiary alicyclic amines) is 2. The van der Waals surface area contributed by atoms with E-state index in [9.17, 15) is 9.59 Å². The quantitative estimate of drug-likeness (QED) is 0.838. The average Bonchev–Trinajstić information content (AvgIpc) is 3.29. The van der Waals surface area contributed by atoms with Crippen molar-refractivity contribution in [3.05, 3.63) is 33.5 Å². The second kappa shape index (κ2) is 6.34. The van der Waals surface area contributed by atoms with E-state index in [2.05, 4.69) is 25.5 Å². The fraction of sp³-hybridized carbons (Fsp3) is 0.529. The topological polar surface area (TPSA) is 82.2 Å². The van der Waals surface area contributed by atoms with Crippen molar-refractivity contribution in [3.8, 4) is 0 Å². The Hall–Kier alpha value is -2.06. The highest BCUT2D eigenvalue weighted by Crippen LogP contribution is 2.32. The Morgan fingerprint density at radius 3 is 2.56 bits per heavy atom. The zero-order valence-corrected chi connectivity index (χ0v) is 15.2. The summed E-state index contributed by atoms with van der Waals surface area (Å²) in [7, 11) is 0. The number of hydrogen-bond acceptors (Lipinski definition) is 6. The number of nitrogens with one attached hydrogen (secondary N) is 1. The van der Waals surface area contributed by atoms with Crippen LogP contribution in [-0.4, -0.2) is 62.9 Å². The van der Waals surface area contributed by atoms with Crippen molar-refractivity contribution in [2.24, 2.45) is 11.8 Å². The van der Waals surface area contributed by atoms with Gasteiger partial charge in [0.2, 0.25) is 0 Å². The van der Waals surface area contributed by atoms with Crippen LogP contribution in [0.5, 0.6) is 0 Å². The number of ketones is 1. The third-order valence-electron chi connectivity index (χ3n) is 5.07. The van der Waals surface area contributed by atoms with Gasteiger partial charge in [0.15, 0.2) is 5.78 Å². The second-order valence-electron chi connectivity index (χ2n) is 7.01. The molecule has 2 aliphatic rings. The maximum Gasteiger partial charge on any atom is 0.271 e. The highest BCUT2D eigenvalue weighted by Gasteiger charge is 2.42. The number of hydrogen-bond donors (Lipinski definition) is 1. The van der Waals surface area contributed by atoms with Crippen LogP contribution in [0.4, 0.5) is 0 Å². The lowest BCUT2D eigenvalue weighted by atomic mass is 10.0. The summed E-state index contributed by atoms with van der Waals surface area (Å²) < 4.78 is 0. The summed E-state index contributed by atoms with van der Waals surface area (Å²) >= 11 is 1.69. The number of Topliss-reactive ketones (excluding diaryl/α,β-unsaturated/α-hetero) is 1. The number of carbonyl (C=O) groups excluding carboxylic acids is 2. The van der Waals surface area contributed by atoms with Crippen LogP contribution in [0.2, 0.25) is 0 Å². The number of fused-ring (bicyclic) bond motifs is 1. The molecule has 0 spiro atoms. The van der Waals surface area contributed by atoms with Gasteiger partial charge in [-0.2, -0.15) is 5.10 Å². The molecule has 0 aromatic carbocycles. The van der Waals surface area contributed by atoms with E-state index in [-0.39, 0.29) is 11.7 Å². The van der Waals surface area contributed by atoms with E-state index in [0.29, 0.717) is 23.2 Å². The largest absolute Gasteiger partial charge is 0.337 e. The summed E-state index contributed by atoms with van der Waals surface area (Å²) in [6.45, 7) is 7.93. The number of rotatable bonds is 4. The summed E-state index contributed by atoms with van der Waals surface area (Å²) in [6.07, 6.45) is 0. The van der Waals surface area contributed by atoms with Crippen LogP contribution >= 0.6 is 11.3 Å². The van der Waals surface area contributed by atoms with Crippen molar-refractivity contribution in [3.63, 3.8) is 0 Å². The molecular weight excluding hydrogens is 338 g/mol. The minimum atomic E-state index is -0.137. The molecule has 2 unspecified atom stereocenters. The van der Waals surface area contributed by atoms with Crippen molar-refractivity contribution in [1.29, 1.82) is 0 Å². The monoisotopic (exact) mass is 359 g/mol. The zero-order chi connectivity index (χ0) is 17.6. The molecule has 0 saturated carbocycles. The first kappa shape index (κ1) is 16.4. The second-order valence-corrected chi connectivity index (χ2v) is 8.07. The molecule has 2 saturated heterocycles. The van der Waals surface area contributed by atoms with Crippen LogP contribution in [0.15, 0.2) is 11.4 Å². The number of H-pyrrole nitrogens is 1. The summed E-state index contributed by atoms with van der Waals surface area (Å²) in [5.74, 6) is 0.829. The molecule has 2 fully saturated rings. The standard InChI is InChI=1S/C17H21N5O2S/c1-10(23)15-3-16(20-19-15)17(24)22-6-12-4-21(5-13(12)7-22)8-14-9-25-11(2)18-14/h3,9,12-13H,4-8H2,1-2H3,(H,19,20). The minimum Gasteiger partial charge on any atom is -0.337 e. The SMILES string of the molecule is CC(=O)c1cc(C(=O)N2CC3CN(Cc4csc(C)n4)CC3C2)[nH]n1. The first-order valence-electron chi connectivity index (χ1n) is 8.48. The van der Waals surface area contributed by atoms with Gasteiger partial charge in [0, 0.05) is 45.0 Å². The molecule has 7 nitrogen and oxygen atoms in total. The molecule has 4 rings (SSSR count). The van der Waals surface area contributed by atoms with Crippen LogP contribution in [-0.2, 0) is 6.54 Å². The Balaban J connectivity index is 1.35. The average molecular weight is 359 g/mol. The summed E-state index contributed by atoms with van der Waals surface area (Å²) in [6, 6.07) is 1.55. The fourth-order valence-electron chi connectivity index (χ4n) is 3.88. The first-order valence-corrected chi connectivity index (χ1v) is 9.36. The molecule has 0 radical (unpaired) electrons. The molecule has 4 heterocycles. The Morgan fingerprint density at radius 2 is 2.00 bits per heavy atom. The molecule has 132 valence electrons. The molecule has 1 amide bonds. The Bertz CT molecular complexity index is 800. The van der Waals surface area contributed by atoms with Crippen LogP contribution in [0.25, 0.3) is 0 Å². The predicted octanol–water partition coefficient (Wildman–Crippen LogP) is 1.58. The normalized spacial score (nSPS) is 23.2. The van der Waals surface area contributed by atoms with Crippen LogP contribution in [0.1, 0.15) is 38.6 Å². The van der Waals surface area contributed by atoms with Crippen molar-refractivity contribution in [2.45, 2.75) is 20.4 Å². The maximum atomic E-state index is 12.6. The fourth-order valence-corrected chi connectivity index (χ4v) is 4.48. The van der Waals surface area contributed by atoms with Gasteiger partial charge in [-0.25, -0.2) is 4.98 Å². The summed E-state index contributed by atoms with van der Waals surface area (Å²) in [4.78, 5) is 32.8. The van der Waals surface area contributed by atoms with Crippen LogP contribution in [0.3, 0.4) is 0 Å². The van der Waals surface area contributed by atoms with Gasteiger partial charge in [-0.05, 0) is 24.8 Å². The smallest absolute Gasteiger partial charge is 0.271 e. The van der Waals surface area contributed by atoms with Crippen LogP contribution in [0, 0.1) is 18.8 Å². The number of carbonyl (C=O) groups is 2. The molecule has 2 aromatic heterocycles. The molecule has 2 atom stereocenters. The molecule has 1 N–H and O–H groups in total. The van der Waals surface area contributed by atoms with E-state index in [1.165, 1.54) is 6.92 Å². The molecule has 25 heavy (non-hydrogen) atoms. The Kier molecular flexibility index (Phi) is 4.16. The summed E-state index contributed by atoms with van der Waals surface area (Å²) in [5, 5.41) is 9.83.